The lowest BCUT2D eigenvalue weighted by Gasteiger charge is -2.39. The molecular formula is C20H18N2O5. The van der Waals surface area contributed by atoms with E-state index in [2.05, 4.69) is 5.16 Å². The number of piperidine rings is 1. The third-order valence-electron chi connectivity index (χ3n) is 5.13. The van der Waals surface area contributed by atoms with Crippen LogP contribution in [0, 0.1) is 0 Å². The third kappa shape index (κ3) is 3.01. The third-order valence-corrected chi connectivity index (χ3v) is 5.13. The molecule has 7 nitrogen and oxygen atoms in total. The highest BCUT2D eigenvalue weighted by molar-refractivity contribution is 5.93. The van der Waals surface area contributed by atoms with Crippen LogP contribution in [0.2, 0.25) is 0 Å². The molecule has 0 aliphatic carbocycles. The second-order valence-corrected chi connectivity index (χ2v) is 6.60. The number of nitrogens with zero attached hydrogens (tertiary/aromatic N) is 2. The second kappa shape index (κ2) is 6.75. The molecule has 7 heteroatoms. The predicted octanol–water partition coefficient (Wildman–Crippen LogP) is 3.19. The minimum atomic E-state index is -0.971. The fourth-order valence-corrected chi connectivity index (χ4v) is 3.55. The molecule has 4 rings (SSSR count). The van der Waals surface area contributed by atoms with E-state index < -0.39 is 11.4 Å². The van der Waals surface area contributed by atoms with Gasteiger partial charge in [-0.3, -0.25) is 9.59 Å². The van der Waals surface area contributed by atoms with Gasteiger partial charge in [0.25, 0.3) is 5.91 Å². The van der Waals surface area contributed by atoms with E-state index in [0.717, 1.165) is 5.56 Å². The topological polar surface area (TPSA) is 96.8 Å². The van der Waals surface area contributed by atoms with Crippen LogP contribution in [0.5, 0.6) is 0 Å². The molecule has 1 saturated heterocycles. The molecule has 27 heavy (non-hydrogen) atoms. The summed E-state index contributed by atoms with van der Waals surface area (Å²) in [5, 5.41) is 13.7. The summed E-state index contributed by atoms with van der Waals surface area (Å²) >= 11 is 0. The first kappa shape index (κ1) is 17.1. The Bertz CT molecular complexity index is 938. The van der Waals surface area contributed by atoms with Crippen LogP contribution in [-0.4, -0.2) is 40.1 Å². The maximum absolute atomic E-state index is 12.7. The highest BCUT2D eigenvalue weighted by atomic mass is 16.5. The Kier molecular flexibility index (Phi) is 4.27. The quantitative estimate of drug-likeness (QED) is 0.762. The number of hydrogen-bond acceptors (Lipinski definition) is 5. The number of amides is 1. The number of carbonyl (C=O) groups is 2. The van der Waals surface area contributed by atoms with E-state index in [4.69, 9.17) is 8.94 Å². The number of furan rings is 1. The summed E-state index contributed by atoms with van der Waals surface area (Å²) in [6, 6.07) is 14.2. The van der Waals surface area contributed by atoms with Gasteiger partial charge >= 0.3 is 5.97 Å². The van der Waals surface area contributed by atoms with Crippen molar-refractivity contribution in [2.75, 3.05) is 13.1 Å². The van der Waals surface area contributed by atoms with Crippen molar-refractivity contribution in [3.63, 3.8) is 0 Å². The largest absolute Gasteiger partial charge is 0.481 e. The molecule has 1 N–H and O–H groups in total. The molecule has 1 aliphatic rings. The molecular weight excluding hydrogens is 348 g/mol. The van der Waals surface area contributed by atoms with Crippen LogP contribution in [-0.2, 0) is 10.2 Å². The van der Waals surface area contributed by atoms with Crippen molar-refractivity contribution in [1.82, 2.24) is 10.1 Å². The molecule has 1 aromatic carbocycles. The average molecular weight is 366 g/mol. The predicted molar refractivity (Wildman–Crippen MR) is 95.1 cm³/mol. The van der Waals surface area contributed by atoms with E-state index in [9.17, 15) is 14.7 Å². The molecule has 0 atom stereocenters. The lowest BCUT2D eigenvalue weighted by atomic mass is 9.73. The van der Waals surface area contributed by atoms with Crippen molar-refractivity contribution in [2.45, 2.75) is 18.3 Å². The number of likely N-dealkylation sites (tertiary alicyclic amines) is 1. The highest BCUT2D eigenvalue weighted by Gasteiger charge is 2.44. The molecule has 0 saturated carbocycles. The van der Waals surface area contributed by atoms with E-state index >= 15 is 0 Å². The minimum Gasteiger partial charge on any atom is -0.481 e. The van der Waals surface area contributed by atoms with Crippen molar-refractivity contribution < 1.29 is 23.6 Å². The summed E-state index contributed by atoms with van der Waals surface area (Å²) in [4.78, 5) is 26.4. The molecule has 0 radical (unpaired) electrons. The Labute approximate surface area is 155 Å². The summed E-state index contributed by atoms with van der Waals surface area (Å²) in [7, 11) is 0. The van der Waals surface area contributed by atoms with Gasteiger partial charge in [0.1, 0.15) is 0 Å². The van der Waals surface area contributed by atoms with Crippen LogP contribution < -0.4 is 0 Å². The second-order valence-electron chi connectivity index (χ2n) is 6.60. The maximum Gasteiger partial charge on any atom is 0.314 e. The van der Waals surface area contributed by atoms with Crippen LogP contribution in [0.4, 0.5) is 0 Å². The van der Waals surface area contributed by atoms with Crippen molar-refractivity contribution >= 4 is 11.9 Å². The molecule has 1 fully saturated rings. The zero-order chi connectivity index (χ0) is 18.9. The molecule has 138 valence electrons. The number of hydrogen-bond donors (Lipinski definition) is 1. The summed E-state index contributed by atoms with van der Waals surface area (Å²) in [6.07, 6.45) is 2.21. The van der Waals surface area contributed by atoms with E-state index in [1.54, 1.807) is 17.0 Å². The SMILES string of the molecule is O=C(c1cc(-c2ccco2)on1)N1CCC(C(=O)O)(c2ccccc2)CC1. The van der Waals surface area contributed by atoms with Crippen LogP contribution in [0.15, 0.2) is 63.7 Å². The monoisotopic (exact) mass is 366 g/mol. The summed E-state index contributed by atoms with van der Waals surface area (Å²) in [6.45, 7) is 0.673. The van der Waals surface area contributed by atoms with Crippen molar-refractivity contribution in [3.8, 4) is 11.5 Å². The van der Waals surface area contributed by atoms with E-state index in [1.807, 2.05) is 30.3 Å². The Balaban J connectivity index is 1.50. The van der Waals surface area contributed by atoms with E-state index in [0.29, 0.717) is 37.5 Å². The number of benzene rings is 1. The summed E-state index contributed by atoms with van der Waals surface area (Å²) in [5.74, 6) is -0.260. The van der Waals surface area contributed by atoms with Gasteiger partial charge in [-0.1, -0.05) is 35.5 Å². The van der Waals surface area contributed by atoms with Gasteiger partial charge in [0.2, 0.25) is 5.76 Å². The molecule has 2 aromatic heterocycles. The summed E-state index contributed by atoms with van der Waals surface area (Å²) in [5.41, 5.74) is -0.0173. The van der Waals surface area contributed by atoms with E-state index in [1.165, 1.54) is 12.3 Å². The number of aromatic nitrogens is 1. The minimum absolute atomic E-state index is 0.184. The van der Waals surface area contributed by atoms with Gasteiger partial charge in [-0.25, -0.2) is 0 Å². The fourth-order valence-electron chi connectivity index (χ4n) is 3.55. The van der Waals surface area contributed by atoms with Crippen LogP contribution >= 0.6 is 0 Å². The van der Waals surface area contributed by atoms with Gasteiger partial charge in [-0.2, -0.15) is 0 Å². The zero-order valence-electron chi connectivity index (χ0n) is 14.5. The van der Waals surface area contributed by atoms with E-state index in [-0.39, 0.29) is 11.6 Å². The van der Waals surface area contributed by atoms with Gasteiger partial charge in [0.15, 0.2) is 11.5 Å². The number of rotatable bonds is 4. The Morgan fingerprint density at radius 3 is 2.41 bits per heavy atom. The molecule has 1 amide bonds. The van der Waals surface area contributed by atoms with Crippen LogP contribution in [0.3, 0.4) is 0 Å². The van der Waals surface area contributed by atoms with Crippen LogP contribution in [0.1, 0.15) is 28.9 Å². The van der Waals surface area contributed by atoms with Gasteiger partial charge in [-0.05, 0) is 30.5 Å². The number of aliphatic carboxylic acids is 1. The van der Waals surface area contributed by atoms with Gasteiger partial charge in [-0.15, -0.1) is 0 Å². The fraction of sp³-hybridized carbons (Fsp3) is 0.250. The number of carboxylic acid groups (broad SMARTS) is 1. The van der Waals surface area contributed by atoms with Crippen molar-refractivity contribution in [2.24, 2.45) is 0 Å². The average Bonchev–Trinajstić information content (AvgIpc) is 3.39. The molecule has 1 aliphatic heterocycles. The Hall–Kier alpha value is -3.35. The number of carboxylic acids is 1. The van der Waals surface area contributed by atoms with Gasteiger partial charge < -0.3 is 18.9 Å². The van der Waals surface area contributed by atoms with Crippen LogP contribution in [0.25, 0.3) is 11.5 Å². The molecule has 3 heterocycles. The lowest BCUT2D eigenvalue weighted by molar-refractivity contribution is -0.145. The van der Waals surface area contributed by atoms with Crippen molar-refractivity contribution in [1.29, 1.82) is 0 Å². The first-order chi connectivity index (χ1) is 13.1. The first-order valence-electron chi connectivity index (χ1n) is 8.69. The maximum atomic E-state index is 12.7. The molecule has 0 bridgehead atoms. The molecule has 0 unspecified atom stereocenters. The highest BCUT2D eigenvalue weighted by Crippen LogP contribution is 2.36. The molecule has 0 spiro atoms. The normalized spacial score (nSPS) is 16.2. The zero-order valence-corrected chi connectivity index (χ0v) is 14.5. The number of carbonyl (C=O) groups excluding carboxylic acids is 1. The van der Waals surface area contributed by atoms with Crippen molar-refractivity contribution in [3.05, 3.63) is 66.1 Å². The lowest BCUT2D eigenvalue weighted by Crippen LogP contribution is -2.49. The standard InChI is InChI=1S/C20H18N2O5/c23-18(15-13-17(27-21-15)16-7-4-12-26-16)22-10-8-20(9-11-22,19(24)25)14-5-2-1-3-6-14/h1-7,12-13H,8-11H2,(H,24,25). The Morgan fingerprint density at radius 1 is 1.04 bits per heavy atom. The smallest absolute Gasteiger partial charge is 0.314 e. The molecule has 3 aromatic rings. The van der Waals surface area contributed by atoms with Gasteiger partial charge in [0.05, 0.1) is 11.7 Å². The van der Waals surface area contributed by atoms with Gasteiger partial charge in [0, 0.05) is 19.2 Å². The first-order valence-corrected chi connectivity index (χ1v) is 8.69. The Morgan fingerprint density at radius 2 is 1.78 bits per heavy atom. The summed E-state index contributed by atoms with van der Waals surface area (Å²) < 4.78 is 10.4.